The Morgan fingerprint density at radius 2 is 2.12 bits per heavy atom. The fourth-order valence-electron chi connectivity index (χ4n) is 3.26. The largest absolute Gasteiger partial charge is 0.469 e. The van der Waals surface area contributed by atoms with Crippen molar-refractivity contribution in [3.8, 4) is 0 Å². The van der Waals surface area contributed by atoms with E-state index in [1.807, 2.05) is 0 Å². The monoisotopic (exact) mass is 355 g/mol. The second-order valence-electron chi connectivity index (χ2n) is 6.58. The predicted molar refractivity (Wildman–Crippen MR) is 96.7 cm³/mol. The van der Waals surface area contributed by atoms with Gasteiger partial charge in [0.15, 0.2) is 5.96 Å². The minimum absolute atomic E-state index is 0.0235. The van der Waals surface area contributed by atoms with Gasteiger partial charge in [0.2, 0.25) is 0 Å². The van der Waals surface area contributed by atoms with Crippen LogP contribution in [0.3, 0.4) is 0 Å². The van der Waals surface area contributed by atoms with Crippen molar-refractivity contribution in [2.75, 3.05) is 53.1 Å². The molecule has 2 rings (SSSR count). The minimum Gasteiger partial charge on any atom is -0.469 e. The summed E-state index contributed by atoms with van der Waals surface area (Å²) >= 11 is 0. The molecule has 2 aliphatic heterocycles. The van der Waals surface area contributed by atoms with E-state index in [9.17, 15) is 4.79 Å². The third kappa shape index (κ3) is 6.82. The van der Waals surface area contributed by atoms with Crippen molar-refractivity contribution >= 4 is 11.9 Å². The highest BCUT2D eigenvalue weighted by molar-refractivity contribution is 5.80. The van der Waals surface area contributed by atoms with Gasteiger partial charge in [0.25, 0.3) is 0 Å². The van der Waals surface area contributed by atoms with Crippen molar-refractivity contribution in [3.63, 3.8) is 0 Å². The van der Waals surface area contributed by atoms with E-state index < -0.39 is 0 Å². The van der Waals surface area contributed by atoms with Crippen molar-refractivity contribution in [2.45, 2.75) is 45.1 Å². The second kappa shape index (κ2) is 11.3. The molecule has 1 unspecified atom stereocenters. The molecule has 2 heterocycles. The summed E-state index contributed by atoms with van der Waals surface area (Å²) in [6, 6.07) is 0. The number of piperidine rings is 1. The van der Waals surface area contributed by atoms with Gasteiger partial charge in [-0.1, -0.05) is 0 Å². The van der Waals surface area contributed by atoms with Crippen LogP contribution < -0.4 is 5.32 Å². The molecule has 0 bridgehead atoms. The van der Waals surface area contributed by atoms with E-state index in [0.29, 0.717) is 13.2 Å². The highest BCUT2D eigenvalue weighted by Crippen LogP contribution is 2.18. The van der Waals surface area contributed by atoms with Crippen molar-refractivity contribution in [1.29, 1.82) is 0 Å². The summed E-state index contributed by atoms with van der Waals surface area (Å²) in [5.74, 6) is 0.866. The third-order valence-electron chi connectivity index (χ3n) is 4.70. The first-order valence-electron chi connectivity index (χ1n) is 9.55. The van der Waals surface area contributed by atoms with Crippen LogP contribution >= 0.6 is 0 Å². The number of aliphatic imine (C=N–C) groups is 1. The molecule has 25 heavy (non-hydrogen) atoms. The summed E-state index contributed by atoms with van der Waals surface area (Å²) < 4.78 is 16.1. The summed E-state index contributed by atoms with van der Waals surface area (Å²) in [5, 5.41) is 3.34. The van der Waals surface area contributed by atoms with Crippen LogP contribution in [0.15, 0.2) is 4.99 Å². The van der Waals surface area contributed by atoms with E-state index in [0.717, 1.165) is 70.8 Å². The lowest BCUT2D eigenvalue weighted by Gasteiger charge is -2.33. The topological polar surface area (TPSA) is 72.4 Å². The van der Waals surface area contributed by atoms with Gasteiger partial charge in [-0.2, -0.15) is 0 Å². The number of ether oxygens (including phenoxy) is 3. The fraction of sp³-hybridized carbons (Fsp3) is 0.889. The lowest BCUT2D eigenvalue weighted by atomic mass is 9.97. The molecule has 0 saturated carbocycles. The van der Waals surface area contributed by atoms with E-state index in [2.05, 4.69) is 17.1 Å². The Morgan fingerprint density at radius 3 is 2.76 bits per heavy atom. The lowest BCUT2D eigenvalue weighted by Crippen LogP contribution is -2.46. The highest BCUT2D eigenvalue weighted by Gasteiger charge is 2.26. The van der Waals surface area contributed by atoms with Crippen molar-refractivity contribution in [3.05, 3.63) is 0 Å². The first-order valence-corrected chi connectivity index (χ1v) is 9.55. The van der Waals surface area contributed by atoms with Crippen LogP contribution in [-0.2, 0) is 19.0 Å². The molecule has 0 aliphatic carbocycles. The van der Waals surface area contributed by atoms with Crippen LogP contribution in [0.1, 0.15) is 39.0 Å². The van der Waals surface area contributed by atoms with Gasteiger partial charge < -0.3 is 24.4 Å². The van der Waals surface area contributed by atoms with E-state index in [4.69, 9.17) is 19.2 Å². The average molecular weight is 355 g/mol. The molecule has 0 amide bonds. The number of nitrogens with zero attached hydrogens (tertiary/aromatic N) is 2. The maximum atomic E-state index is 11.6. The first kappa shape index (κ1) is 20.0. The number of carbonyl (C=O) groups excluding carboxylic acids is 1. The average Bonchev–Trinajstić information content (AvgIpc) is 3.16. The SMILES string of the molecule is CCNC(=NCCCOCC1CCCO1)N1CCC(C(=O)OC)CC1. The molecule has 7 heteroatoms. The quantitative estimate of drug-likeness (QED) is 0.307. The fourth-order valence-corrected chi connectivity index (χ4v) is 3.26. The van der Waals surface area contributed by atoms with Crippen LogP contribution in [0.5, 0.6) is 0 Å². The Balaban J connectivity index is 1.66. The zero-order chi connectivity index (χ0) is 17.9. The summed E-state index contributed by atoms with van der Waals surface area (Å²) in [5.41, 5.74) is 0. The Labute approximate surface area is 151 Å². The smallest absolute Gasteiger partial charge is 0.308 e. The van der Waals surface area contributed by atoms with Gasteiger partial charge in [-0.3, -0.25) is 9.79 Å². The number of rotatable bonds is 8. The normalized spacial score (nSPS) is 22.2. The number of methoxy groups -OCH3 is 1. The van der Waals surface area contributed by atoms with E-state index in [-0.39, 0.29) is 18.0 Å². The molecule has 0 aromatic carbocycles. The van der Waals surface area contributed by atoms with Crippen LogP contribution in [0.2, 0.25) is 0 Å². The highest BCUT2D eigenvalue weighted by atomic mass is 16.5. The summed E-state index contributed by atoms with van der Waals surface area (Å²) in [6.45, 7) is 7.61. The maximum Gasteiger partial charge on any atom is 0.308 e. The van der Waals surface area contributed by atoms with Gasteiger partial charge in [-0.05, 0) is 39.0 Å². The number of esters is 1. The van der Waals surface area contributed by atoms with Gasteiger partial charge in [0.05, 0.1) is 25.7 Å². The minimum atomic E-state index is -0.0926. The van der Waals surface area contributed by atoms with Crippen molar-refractivity contribution < 1.29 is 19.0 Å². The Bertz CT molecular complexity index is 417. The molecular weight excluding hydrogens is 322 g/mol. The molecule has 2 saturated heterocycles. The maximum absolute atomic E-state index is 11.6. The van der Waals surface area contributed by atoms with E-state index in [1.54, 1.807) is 0 Å². The molecule has 0 radical (unpaired) electrons. The Hall–Kier alpha value is -1.34. The molecule has 144 valence electrons. The zero-order valence-corrected chi connectivity index (χ0v) is 15.7. The lowest BCUT2D eigenvalue weighted by molar-refractivity contribution is -0.146. The summed E-state index contributed by atoms with van der Waals surface area (Å²) in [4.78, 5) is 18.6. The second-order valence-corrected chi connectivity index (χ2v) is 6.58. The standard InChI is InChI=1S/C18H33N3O4/c1-3-19-18(21-10-7-15(8-11-21)17(22)23-2)20-9-5-12-24-14-16-6-4-13-25-16/h15-16H,3-14H2,1-2H3,(H,19,20). The molecule has 0 aromatic rings. The van der Waals surface area contributed by atoms with Crippen LogP contribution in [-0.4, -0.2) is 76.0 Å². The summed E-state index contributed by atoms with van der Waals surface area (Å²) in [6.07, 6.45) is 5.10. The first-order chi connectivity index (χ1) is 12.2. The van der Waals surface area contributed by atoms with E-state index >= 15 is 0 Å². The van der Waals surface area contributed by atoms with Gasteiger partial charge >= 0.3 is 5.97 Å². The van der Waals surface area contributed by atoms with Crippen LogP contribution in [0.25, 0.3) is 0 Å². The van der Waals surface area contributed by atoms with Crippen LogP contribution in [0, 0.1) is 5.92 Å². The molecule has 2 aliphatic rings. The zero-order valence-electron chi connectivity index (χ0n) is 15.7. The third-order valence-corrected chi connectivity index (χ3v) is 4.70. The Morgan fingerprint density at radius 1 is 1.32 bits per heavy atom. The predicted octanol–water partition coefficient (Wildman–Crippen LogP) is 1.42. The molecule has 1 N–H and O–H groups in total. The van der Waals surface area contributed by atoms with Crippen LogP contribution in [0.4, 0.5) is 0 Å². The number of guanidine groups is 1. The number of hydrogen-bond acceptors (Lipinski definition) is 5. The van der Waals surface area contributed by atoms with E-state index in [1.165, 1.54) is 7.11 Å². The van der Waals surface area contributed by atoms with Gasteiger partial charge in [0.1, 0.15) is 0 Å². The number of carbonyl (C=O) groups is 1. The van der Waals surface area contributed by atoms with Crippen molar-refractivity contribution in [1.82, 2.24) is 10.2 Å². The van der Waals surface area contributed by atoms with Crippen molar-refractivity contribution in [2.24, 2.45) is 10.9 Å². The molecule has 1 atom stereocenters. The Kier molecular flexibility index (Phi) is 9.04. The number of likely N-dealkylation sites (tertiary alicyclic amines) is 1. The van der Waals surface area contributed by atoms with Gasteiger partial charge in [-0.15, -0.1) is 0 Å². The summed E-state index contributed by atoms with van der Waals surface area (Å²) in [7, 11) is 1.46. The molecule has 7 nitrogen and oxygen atoms in total. The van der Waals surface area contributed by atoms with Gasteiger partial charge in [-0.25, -0.2) is 0 Å². The molecular formula is C18H33N3O4. The molecule has 0 spiro atoms. The molecule has 2 fully saturated rings. The number of hydrogen-bond donors (Lipinski definition) is 1. The van der Waals surface area contributed by atoms with Gasteiger partial charge in [0, 0.05) is 39.4 Å². The number of nitrogens with one attached hydrogen (secondary N) is 1. The molecule has 0 aromatic heterocycles.